The summed E-state index contributed by atoms with van der Waals surface area (Å²) < 4.78 is 43.9. The lowest BCUT2D eigenvalue weighted by Crippen LogP contribution is -2.30. The molecule has 1 heterocycles. The molecule has 0 aliphatic carbocycles. The van der Waals surface area contributed by atoms with Crippen LogP contribution in [-0.4, -0.2) is 26.2 Å². The third kappa shape index (κ3) is 3.64. The van der Waals surface area contributed by atoms with Crippen LogP contribution in [0.3, 0.4) is 0 Å². The summed E-state index contributed by atoms with van der Waals surface area (Å²) in [5.74, 6) is 0.328. The molecular formula is C14H19F3N2O. The van der Waals surface area contributed by atoms with Crippen molar-refractivity contribution in [1.29, 1.82) is 0 Å². The van der Waals surface area contributed by atoms with Crippen molar-refractivity contribution >= 4 is 0 Å². The molecule has 1 aromatic rings. The van der Waals surface area contributed by atoms with Gasteiger partial charge in [-0.15, -0.1) is 0 Å². The van der Waals surface area contributed by atoms with Gasteiger partial charge < -0.3 is 15.8 Å². The van der Waals surface area contributed by atoms with Crippen LogP contribution < -0.4 is 15.8 Å². The van der Waals surface area contributed by atoms with E-state index >= 15 is 0 Å². The highest BCUT2D eigenvalue weighted by atomic mass is 19.4. The minimum absolute atomic E-state index is 0.0753. The van der Waals surface area contributed by atoms with Crippen molar-refractivity contribution in [2.24, 2.45) is 17.6 Å². The number of para-hydroxylation sites is 1. The predicted molar refractivity (Wildman–Crippen MR) is 70.5 cm³/mol. The molecule has 0 spiro atoms. The van der Waals surface area contributed by atoms with E-state index in [0.717, 1.165) is 25.6 Å². The van der Waals surface area contributed by atoms with Crippen molar-refractivity contribution in [3.8, 4) is 5.75 Å². The zero-order chi connectivity index (χ0) is 14.6. The van der Waals surface area contributed by atoms with E-state index in [9.17, 15) is 13.2 Å². The molecule has 20 heavy (non-hydrogen) atoms. The van der Waals surface area contributed by atoms with Gasteiger partial charge in [0.2, 0.25) is 0 Å². The zero-order valence-corrected chi connectivity index (χ0v) is 11.1. The monoisotopic (exact) mass is 288 g/mol. The Morgan fingerprint density at radius 3 is 2.70 bits per heavy atom. The fraction of sp³-hybridized carbons (Fsp3) is 0.571. The molecular weight excluding hydrogens is 269 g/mol. The molecule has 1 fully saturated rings. The van der Waals surface area contributed by atoms with Crippen LogP contribution in [0.4, 0.5) is 13.2 Å². The summed E-state index contributed by atoms with van der Waals surface area (Å²) in [5.41, 5.74) is 4.97. The van der Waals surface area contributed by atoms with Gasteiger partial charge in [0.05, 0.1) is 12.2 Å². The van der Waals surface area contributed by atoms with E-state index in [-0.39, 0.29) is 18.3 Å². The van der Waals surface area contributed by atoms with Gasteiger partial charge in [-0.25, -0.2) is 0 Å². The quantitative estimate of drug-likeness (QED) is 0.874. The lowest BCUT2D eigenvalue weighted by Gasteiger charge is -2.22. The molecule has 1 aliphatic rings. The second-order valence-corrected chi connectivity index (χ2v) is 5.05. The van der Waals surface area contributed by atoms with Gasteiger partial charge >= 0.3 is 6.18 Å². The first-order chi connectivity index (χ1) is 9.52. The molecule has 0 bridgehead atoms. The minimum atomic E-state index is -4.40. The normalized spacial score (nSPS) is 20.9. The standard InChI is InChI=1S/C14H19F3N2O/c15-14(16,17)12-3-1-2-4-13(12)20-9-11(7-18)10-5-6-19-8-10/h1-4,10-11,19H,5-9,18H2. The maximum atomic E-state index is 12.8. The predicted octanol–water partition coefficient (Wildman–Crippen LogP) is 2.27. The SMILES string of the molecule is NCC(COc1ccccc1C(F)(F)F)C1CCNC1. The number of hydrogen-bond donors (Lipinski definition) is 2. The van der Waals surface area contributed by atoms with E-state index in [1.54, 1.807) is 6.07 Å². The van der Waals surface area contributed by atoms with Gasteiger partial charge in [0, 0.05) is 5.92 Å². The van der Waals surface area contributed by atoms with Gasteiger partial charge in [0.1, 0.15) is 5.75 Å². The fourth-order valence-electron chi connectivity index (χ4n) is 2.50. The van der Waals surface area contributed by atoms with Gasteiger partial charge in [-0.05, 0) is 44.1 Å². The molecule has 6 heteroatoms. The summed E-state index contributed by atoms with van der Waals surface area (Å²) in [6.07, 6.45) is -3.41. The first-order valence-corrected chi connectivity index (χ1v) is 6.72. The summed E-state index contributed by atoms with van der Waals surface area (Å²) in [7, 11) is 0. The Bertz CT molecular complexity index is 431. The van der Waals surface area contributed by atoms with Crippen LogP contribution in [0.2, 0.25) is 0 Å². The van der Waals surface area contributed by atoms with E-state index in [1.807, 2.05) is 0 Å². The number of halogens is 3. The van der Waals surface area contributed by atoms with Gasteiger partial charge in [-0.1, -0.05) is 12.1 Å². The Morgan fingerprint density at radius 1 is 1.35 bits per heavy atom. The average molecular weight is 288 g/mol. The molecule has 0 amide bonds. The van der Waals surface area contributed by atoms with Crippen molar-refractivity contribution in [3.05, 3.63) is 29.8 Å². The molecule has 3 nitrogen and oxygen atoms in total. The lowest BCUT2D eigenvalue weighted by molar-refractivity contribution is -0.139. The highest BCUT2D eigenvalue weighted by molar-refractivity contribution is 5.35. The topological polar surface area (TPSA) is 47.3 Å². The molecule has 2 atom stereocenters. The maximum absolute atomic E-state index is 12.8. The van der Waals surface area contributed by atoms with Crippen LogP contribution in [0.1, 0.15) is 12.0 Å². The molecule has 0 saturated carbocycles. The molecule has 3 N–H and O–H groups in total. The van der Waals surface area contributed by atoms with Gasteiger partial charge in [-0.3, -0.25) is 0 Å². The van der Waals surface area contributed by atoms with Crippen molar-refractivity contribution < 1.29 is 17.9 Å². The van der Waals surface area contributed by atoms with E-state index in [4.69, 9.17) is 10.5 Å². The number of nitrogens with one attached hydrogen (secondary N) is 1. The maximum Gasteiger partial charge on any atom is 0.419 e. The average Bonchev–Trinajstić information content (AvgIpc) is 2.93. The largest absolute Gasteiger partial charge is 0.493 e. The van der Waals surface area contributed by atoms with Crippen molar-refractivity contribution in [1.82, 2.24) is 5.32 Å². The molecule has 2 rings (SSSR count). The van der Waals surface area contributed by atoms with Crippen LogP contribution in [0.5, 0.6) is 5.75 Å². The lowest BCUT2D eigenvalue weighted by atomic mass is 9.92. The molecule has 112 valence electrons. The highest BCUT2D eigenvalue weighted by Gasteiger charge is 2.34. The zero-order valence-electron chi connectivity index (χ0n) is 11.1. The van der Waals surface area contributed by atoms with Crippen molar-refractivity contribution in [2.45, 2.75) is 12.6 Å². The Morgan fingerprint density at radius 2 is 2.10 bits per heavy atom. The third-order valence-electron chi connectivity index (χ3n) is 3.71. The summed E-state index contributed by atoms with van der Waals surface area (Å²) in [6, 6.07) is 5.28. The first-order valence-electron chi connectivity index (χ1n) is 6.72. The number of ether oxygens (including phenoxy) is 1. The van der Waals surface area contributed by atoms with E-state index in [2.05, 4.69) is 5.32 Å². The Hall–Kier alpha value is -1.27. The summed E-state index contributed by atoms with van der Waals surface area (Å²) >= 11 is 0. The van der Waals surface area contributed by atoms with Gasteiger partial charge in [0.15, 0.2) is 0 Å². The fourth-order valence-corrected chi connectivity index (χ4v) is 2.50. The van der Waals surface area contributed by atoms with Crippen LogP contribution in [0.25, 0.3) is 0 Å². The number of alkyl halides is 3. The minimum Gasteiger partial charge on any atom is -0.493 e. The van der Waals surface area contributed by atoms with Crippen LogP contribution in [0.15, 0.2) is 24.3 Å². The van der Waals surface area contributed by atoms with Crippen LogP contribution in [0, 0.1) is 11.8 Å². The number of benzene rings is 1. The van der Waals surface area contributed by atoms with Gasteiger partial charge in [-0.2, -0.15) is 13.2 Å². The number of hydrogen-bond acceptors (Lipinski definition) is 3. The summed E-state index contributed by atoms with van der Waals surface area (Å²) in [4.78, 5) is 0. The summed E-state index contributed by atoms with van der Waals surface area (Å²) in [6.45, 7) is 2.42. The number of nitrogens with two attached hydrogens (primary N) is 1. The molecule has 2 unspecified atom stereocenters. The van der Waals surface area contributed by atoms with Crippen molar-refractivity contribution in [3.63, 3.8) is 0 Å². The second kappa shape index (κ2) is 6.45. The highest BCUT2D eigenvalue weighted by Crippen LogP contribution is 2.36. The van der Waals surface area contributed by atoms with Crippen molar-refractivity contribution in [2.75, 3.05) is 26.2 Å². The molecule has 1 saturated heterocycles. The van der Waals surface area contributed by atoms with E-state index in [0.29, 0.717) is 12.5 Å². The smallest absolute Gasteiger partial charge is 0.419 e. The molecule has 1 aliphatic heterocycles. The summed E-state index contributed by atoms with van der Waals surface area (Å²) in [5, 5.41) is 3.23. The molecule has 0 radical (unpaired) electrons. The number of rotatable bonds is 5. The van der Waals surface area contributed by atoms with Gasteiger partial charge in [0.25, 0.3) is 0 Å². The Labute approximate surface area is 116 Å². The van der Waals surface area contributed by atoms with E-state index < -0.39 is 11.7 Å². The second-order valence-electron chi connectivity index (χ2n) is 5.05. The Balaban J connectivity index is 2.02. The van der Waals surface area contributed by atoms with Crippen LogP contribution >= 0.6 is 0 Å². The molecule has 1 aromatic carbocycles. The first kappa shape index (κ1) is 15.1. The third-order valence-corrected chi connectivity index (χ3v) is 3.71. The molecule has 0 aromatic heterocycles. The Kier molecular flexibility index (Phi) is 4.88. The van der Waals surface area contributed by atoms with E-state index in [1.165, 1.54) is 12.1 Å². The van der Waals surface area contributed by atoms with Crippen LogP contribution in [-0.2, 0) is 6.18 Å².